The van der Waals surface area contributed by atoms with Crippen LogP contribution >= 0.6 is 0 Å². The standard InChI is InChI=1S/C11H13N3O3/c15-9-2-5-14(6-4-13-9)11(17)8-1-3-12-10(16)7-8/h1,3,7H,2,4-6H2,(H,12,16)(H,13,15). The zero-order valence-electron chi connectivity index (χ0n) is 9.23. The van der Waals surface area contributed by atoms with E-state index in [9.17, 15) is 14.4 Å². The third-order valence-electron chi connectivity index (χ3n) is 2.62. The molecular weight excluding hydrogens is 222 g/mol. The molecule has 0 aromatic carbocycles. The Hall–Kier alpha value is -2.11. The van der Waals surface area contributed by atoms with E-state index in [2.05, 4.69) is 10.3 Å². The molecule has 1 fully saturated rings. The molecule has 0 spiro atoms. The number of carbonyl (C=O) groups is 2. The molecule has 2 heterocycles. The number of rotatable bonds is 1. The SMILES string of the molecule is O=C1CCN(C(=O)c2cc[nH]c(=O)c2)CCN1. The van der Waals surface area contributed by atoms with Gasteiger partial charge in [-0.05, 0) is 6.07 Å². The zero-order valence-corrected chi connectivity index (χ0v) is 9.23. The molecule has 0 saturated carbocycles. The summed E-state index contributed by atoms with van der Waals surface area (Å²) in [5.74, 6) is -0.265. The fourth-order valence-electron chi connectivity index (χ4n) is 1.73. The minimum atomic E-state index is -0.306. The number of amides is 2. The van der Waals surface area contributed by atoms with E-state index in [1.807, 2.05) is 0 Å². The van der Waals surface area contributed by atoms with E-state index in [0.717, 1.165) is 0 Å². The Morgan fingerprint density at radius 1 is 1.29 bits per heavy atom. The lowest BCUT2D eigenvalue weighted by Gasteiger charge is -2.19. The number of pyridine rings is 1. The van der Waals surface area contributed by atoms with Crippen molar-refractivity contribution >= 4 is 11.8 Å². The highest BCUT2D eigenvalue weighted by Crippen LogP contribution is 2.04. The van der Waals surface area contributed by atoms with Gasteiger partial charge in [0.1, 0.15) is 0 Å². The Bertz CT molecular complexity index is 495. The highest BCUT2D eigenvalue weighted by Gasteiger charge is 2.19. The third-order valence-corrected chi connectivity index (χ3v) is 2.62. The van der Waals surface area contributed by atoms with Crippen molar-refractivity contribution in [1.29, 1.82) is 0 Å². The first-order valence-electron chi connectivity index (χ1n) is 5.41. The molecule has 2 rings (SSSR count). The fraction of sp³-hybridized carbons (Fsp3) is 0.364. The number of aromatic nitrogens is 1. The van der Waals surface area contributed by atoms with Crippen LogP contribution in [-0.4, -0.2) is 41.3 Å². The van der Waals surface area contributed by atoms with Crippen LogP contribution < -0.4 is 10.9 Å². The van der Waals surface area contributed by atoms with Gasteiger partial charge in [-0.3, -0.25) is 14.4 Å². The van der Waals surface area contributed by atoms with Gasteiger partial charge in [-0.1, -0.05) is 0 Å². The first-order valence-corrected chi connectivity index (χ1v) is 5.41. The van der Waals surface area contributed by atoms with Gasteiger partial charge in [-0.25, -0.2) is 0 Å². The molecule has 0 radical (unpaired) electrons. The van der Waals surface area contributed by atoms with Crippen molar-refractivity contribution in [2.75, 3.05) is 19.6 Å². The quantitative estimate of drug-likeness (QED) is 0.677. The lowest BCUT2D eigenvalue weighted by atomic mass is 10.2. The second kappa shape index (κ2) is 4.82. The van der Waals surface area contributed by atoms with Gasteiger partial charge < -0.3 is 15.2 Å². The molecule has 2 N–H and O–H groups in total. The molecule has 1 saturated heterocycles. The third kappa shape index (κ3) is 2.72. The van der Waals surface area contributed by atoms with Crippen LogP contribution in [0.4, 0.5) is 0 Å². The number of nitrogens with zero attached hydrogens (tertiary/aromatic N) is 1. The summed E-state index contributed by atoms with van der Waals surface area (Å²) in [5, 5.41) is 2.69. The number of aromatic amines is 1. The molecule has 2 amide bonds. The predicted molar refractivity (Wildman–Crippen MR) is 60.6 cm³/mol. The van der Waals surface area contributed by atoms with Gasteiger partial charge in [-0.15, -0.1) is 0 Å². The summed E-state index contributed by atoms with van der Waals surface area (Å²) in [6.07, 6.45) is 1.74. The maximum absolute atomic E-state index is 12.0. The molecular formula is C11H13N3O3. The molecule has 1 aromatic rings. The summed E-state index contributed by atoms with van der Waals surface area (Å²) in [4.78, 5) is 38.3. The summed E-state index contributed by atoms with van der Waals surface area (Å²) in [5.41, 5.74) is 0.0444. The summed E-state index contributed by atoms with van der Waals surface area (Å²) < 4.78 is 0. The van der Waals surface area contributed by atoms with Crippen molar-refractivity contribution in [3.05, 3.63) is 34.2 Å². The highest BCUT2D eigenvalue weighted by molar-refractivity contribution is 5.94. The monoisotopic (exact) mass is 235 g/mol. The molecule has 17 heavy (non-hydrogen) atoms. The first-order chi connectivity index (χ1) is 8.16. The average molecular weight is 235 g/mol. The van der Waals surface area contributed by atoms with E-state index in [0.29, 0.717) is 31.6 Å². The summed E-state index contributed by atoms with van der Waals surface area (Å²) in [7, 11) is 0. The Morgan fingerprint density at radius 3 is 2.88 bits per heavy atom. The topological polar surface area (TPSA) is 82.3 Å². The number of H-pyrrole nitrogens is 1. The minimum Gasteiger partial charge on any atom is -0.354 e. The number of hydrogen-bond donors (Lipinski definition) is 2. The molecule has 1 aliphatic heterocycles. The average Bonchev–Trinajstić information content (AvgIpc) is 2.53. The van der Waals surface area contributed by atoms with E-state index in [1.54, 1.807) is 11.0 Å². The van der Waals surface area contributed by atoms with Crippen LogP contribution in [0, 0.1) is 0 Å². The lowest BCUT2D eigenvalue weighted by Crippen LogP contribution is -2.34. The van der Waals surface area contributed by atoms with Gasteiger partial charge in [0, 0.05) is 43.9 Å². The van der Waals surface area contributed by atoms with Gasteiger partial charge >= 0.3 is 0 Å². The molecule has 0 atom stereocenters. The Morgan fingerprint density at radius 2 is 2.12 bits per heavy atom. The van der Waals surface area contributed by atoms with E-state index < -0.39 is 0 Å². The predicted octanol–water partition coefficient (Wildman–Crippen LogP) is -0.663. The number of hydrogen-bond acceptors (Lipinski definition) is 3. The van der Waals surface area contributed by atoms with Gasteiger partial charge in [0.2, 0.25) is 11.5 Å². The van der Waals surface area contributed by atoms with Crippen molar-refractivity contribution in [3.63, 3.8) is 0 Å². The van der Waals surface area contributed by atoms with Crippen molar-refractivity contribution in [2.45, 2.75) is 6.42 Å². The van der Waals surface area contributed by atoms with Crippen molar-refractivity contribution in [3.8, 4) is 0 Å². The molecule has 1 aromatic heterocycles. The molecule has 0 aliphatic carbocycles. The van der Waals surface area contributed by atoms with E-state index >= 15 is 0 Å². The second-order valence-electron chi connectivity index (χ2n) is 3.83. The molecule has 1 aliphatic rings. The van der Waals surface area contributed by atoms with E-state index in [1.165, 1.54) is 12.3 Å². The first kappa shape index (κ1) is 11.4. The van der Waals surface area contributed by atoms with Crippen LogP contribution in [0.2, 0.25) is 0 Å². The van der Waals surface area contributed by atoms with Crippen LogP contribution in [0.3, 0.4) is 0 Å². The molecule has 6 nitrogen and oxygen atoms in total. The van der Waals surface area contributed by atoms with Crippen molar-refractivity contribution in [1.82, 2.24) is 15.2 Å². The normalized spacial score (nSPS) is 16.2. The maximum atomic E-state index is 12.0. The second-order valence-corrected chi connectivity index (χ2v) is 3.83. The van der Waals surface area contributed by atoms with E-state index in [-0.39, 0.29) is 17.4 Å². The van der Waals surface area contributed by atoms with Crippen LogP contribution in [0.5, 0.6) is 0 Å². The minimum absolute atomic E-state index is 0.0498. The lowest BCUT2D eigenvalue weighted by molar-refractivity contribution is -0.120. The summed E-state index contributed by atoms with van der Waals surface area (Å²) >= 11 is 0. The van der Waals surface area contributed by atoms with Gasteiger partial charge in [0.15, 0.2) is 0 Å². The Balaban J connectivity index is 2.14. The zero-order chi connectivity index (χ0) is 12.3. The van der Waals surface area contributed by atoms with Gasteiger partial charge in [-0.2, -0.15) is 0 Å². The molecule has 0 bridgehead atoms. The van der Waals surface area contributed by atoms with Crippen LogP contribution in [0.1, 0.15) is 16.8 Å². The van der Waals surface area contributed by atoms with Crippen molar-refractivity contribution in [2.24, 2.45) is 0 Å². The largest absolute Gasteiger partial charge is 0.354 e. The molecule has 6 heteroatoms. The summed E-state index contributed by atoms with van der Waals surface area (Å²) in [6, 6.07) is 2.83. The highest BCUT2D eigenvalue weighted by atomic mass is 16.2. The van der Waals surface area contributed by atoms with Gasteiger partial charge in [0.25, 0.3) is 5.91 Å². The Labute approximate surface area is 97.6 Å². The number of nitrogens with one attached hydrogen (secondary N) is 2. The van der Waals surface area contributed by atoms with Crippen LogP contribution in [0.25, 0.3) is 0 Å². The van der Waals surface area contributed by atoms with Crippen molar-refractivity contribution < 1.29 is 9.59 Å². The number of carbonyl (C=O) groups excluding carboxylic acids is 2. The summed E-state index contributed by atoms with van der Waals surface area (Å²) in [6.45, 7) is 1.31. The molecule has 0 unspecified atom stereocenters. The van der Waals surface area contributed by atoms with Gasteiger partial charge in [0.05, 0.1) is 0 Å². The maximum Gasteiger partial charge on any atom is 0.254 e. The van der Waals surface area contributed by atoms with Crippen LogP contribution in [0.15, 0.2) is 23.1 Å². The molecule has 90 valence electrons. The van der Waals surface area contributed by atoms with Crippen LogP contribution in [-0.2, 0) is 4.79 Å². The smallest absolute Gasteiger partial charge is 0.254 e. The Kier molecular flexibility index (Phi) is 3.22. The fourth-order valence-corrected chi connectivity index (χ4v) is 1.73. The van der Waals surface area contributed by atoms with E-state index in [4.69, 9.17) is 0 Å².